The van der Waals surface area contributed by atoms with Crippen molar-refractivity contribution in [2.45, 2.75) is 53.4 Å². The van der Waals surface area contributed by atoms with Crippen LogP contribution in [0.5, 0.6) is 23.0 Å². The highest BCUT2D eigenvalue weighted by Gasteiger charge is 2.23. The van der Waals surface area contributed by atoms with Crippen molar-refractivity contribution >= 4 is 51.7 Å². The summed E-state index contributed by atoms with van der Waals surface area (Å²) < 4.78 is 32.1. The first-order valence-corrected chi connectivity index (χ1v) is 19.8. The van der Waals surface area contributed by atoms with E-state index in [4.69, 9.17) is 39.7 Å². The third kappa shape index (κ3) is 15.1. The van der Waals surface area contributed by atoms with Crippen LogP contribution in [-0.2, 0) is 9.47 Å². The lowest BCUT2D eigenvalue weighted by atomic mass is 10.2. The number of halogens is 2. The molecule has 4 aromatic carbocycles. The van der Waals surface area contributed by atoms with Gasteiger partial charge in [0.05, 0.1) is 39.3 Å². The highest BCUT2D eigenvalue weighted by Crippen LogP contribution is 2.46. The third-order valence-corrected chi connectivity index (χ3v) is 11.8. The molecule has 4 aromatic rings. The first-order chi connectivity index (χ1) is 23.7. The average Bonchev–Trinajstić information content (AvgIpc) is 3.90. The minimum atomic E-state index is -1.04. The molecule has 9 heteroatoms. The van der Waals surface area contributed by atoms with Gasteiger partial charge in [0.1, 0.15) is 23.0 Å². The Balaban J connectivity index is 0.000000239. The van der Waals surface area contributed by atoms with Crippen molar-refractivity contribution in [1.29, 1.82) is 0 Å². The van der Waals surface area contributed by atoms with E-state index in [1.165, 1.54) is 40.4 Å². The van der Waals surface area contributed by atoms with Crippen molar-refractivity contribution < 1.29 is 28.4 Å². The highest BCUT2D eigenvalue weighted by atomic mass is 127. The maximum Gasteiger partial charge on any atom is 0.132 e. The van der Waals surface area contributed by atoms with Gasteiger partial charge in [-0.15, -0.1) is 0 Å². The lowest BCUT2D eigenvalue weighted by Crippen LogP contribution is -2.17. The van der Waals surface area contributed by atoms with Gasteiger partial charge >= 0.3 is 0 Å². The summed E-state index contributed by atoms with van der Waals surface area (Å²) in [5, 5.41) is 2.11. The van der Waals surface area contributed by atoms with E-state index in [0.717, 1.165) is 71.2 Å². The zero-order chi connectivity index (χ0) is 36.0. The Bertz CT molecular complexity index is 1430. The van der Waals surface area contributed by atoms with Crippen LogP contribution in [0.3, 0.4) is 0 Å². The topological polar surface area (TPSA) is 55.4 Å². The fourth-order valence-corrected chi connectivity index (χ4v) is 8.34. The average molecular weight is 823 g/mol. The second kappa shape index (κ2) is 24.6. The summed E-state index contributed by atoms with van der Waals surface area (Å²) in [6.45, 7) is 12.2. The molecule has 6 rings (SSSR count). The summed E-state index contributed by atoms with van der Waals surface area (Å²) in [5.41, 5.74) is 4.76. The van der Waals surface area contributed by atoms with Gasteiger partial charge in [0.2, 0.25) is 0 Å². The van der Waals surface area contributed by atoms with Crippen LogP contribution in [0.15, 0.2) is 78.9 Å². The molecule has 0 atom stereocenters. The first kappa shape index (κ1) is 42.6. The molecule has 0 aliphatic carbocycles. The van der Waals surface area contributed by atoms with Gasteiger partial charge in [-0.1, -0.05) is 59.8 Å². The van der Waals surface area contributed by atoms with Crippen LogP contribution in [0, 0.1) is 31.3 Å². The lowest BCUT2D eigenvalue weighted by Gasteiger charge is -2.20. The fourth-order valence-electron chi connectivity index (χ4n) is 4.75. The molecule has 0 N–H and O–H groups in total. The molecule has 0 radical (unpaired) electrons. The number of benzene rings is 4. The largest absolute Gasteiger partial charge is 0.497 e. The molecule has 268 valence electrons. The van der Waals surface area contributed by atoms with Crippen molar-refractivity contribution in [2.75, 3.05) is 54.9 Å². The maximum atomic E-state index is 6.81. The molecule has 49 heavy (non-hydrogen) atoms. The number of ether oxygens (including phenoxy) is 6. The van der Waals surface area contributed by atoms with Gasteiger partial charge in [-0.3, -0.25) is 0 Å². The second-order valence-electron chi connectivity index (χ2n) is 11.3. The van der Waals surface area contributed by atoms with Crippen LogP contribution in [0.2, 0.25) is 0 Å². The van der Waals surface area contributed by atoms with Crippen molar-refractivity contribution in [3.63, 3.8) is 0 Å². The van der Waals surface area contributed by atoms with Crippen LogP contribution >= 0.6 is 41.1 Å². The van der Waals surface area contributed by atoms with Crippen LogP contribution in [-0.4, -0.2) is 54.9 Å². The predicted octanol–water partition coefficient (Wildman–Crippen LogP) is 10.1. The Morgan fingerprint density at radius 3 is 1.29 bits per heavy atom. The normalized spacial score (nSPS) is 12.9. The Morgan fingerprint density at radius 1 is 0.551 bits per heavy atom. The molecular formula is C40H53ClIO6P. The summed E-state index contributed by atoms with van der Waals surface area (Å²) in [6, 6.07) is 26.0. The summed E-state index contributed by atoms with van der Waals surface area (Å²) in [7, 11) is 5.67. The van der Waals surface area contributed by atoms with Crippen molar-refractivity contribution in [3.8, 4) is 23.0 Å². The van der Waals surface area contributed by atoms with Gasteiger partial charge in [-0.2, -0.15) is 0 Å². The zero-order valence-corrected chi connectivity index (χ0v) is 34.1. The number of hydrogen-bond donors (Lipinski definition) is 0. The molecule has 2 heterocycles. The lowest BCUT2D eigenvalue weighted by molar-refractivity contribution is 0.198. The number of methoxy groups -OCH3 is 4. The Kier molecular flexibility index (Phi) is 21.4. The molecule has 0 saturated carbocycles. The molecule has 2 aliphatic heterocycles. The smallest absolute Gasteiger partial charge is 0.132 e. The van der Waals surface area contributed by atoms with E-state index in [9.17, 15) is 0 Å². The van der Waals surface area contributed by atoms with Crippen LogP contribution in [0.25, 0.3) is 0 Å². The summed E-state index contributed by atoms with van der Waals surface area (Å²) in [6.07, 6.45) is 5.11. The van der Waals surface area contributed by atoms with E-state index in [1.54, 1.807) is 28.4 Å². The van der Waals surface area contributed by atoms with Crippen LogP contribution < -0.4 is 29.6 Å². The first-order valence-electron chi connectivity index (χ1n) is 16.5. The molecule has 0 bridgehead atoms. The number of aryl methyl sites for hydroxylation is 4. The summed E-state index contributed by atoms with van der Waals surface area (Å²) >= 11 is 9.09. The van der Waals surface area contributed by atoms with E-state index in [2.05, 4.69) is 61.6 Å². The molecule has 2 fully saturated rings. The van der Waals surface area contributed by atoms with Crippen LogP contribution in [0.1, 0.15) is 47.9 Å². The van der Waals surface area contributed by atoms with E-state index >= 15 is 0 Å². The minimum Gasteiger partial charge on any atom is -0.497 e. The number of rotatable bonds is 6. The Morgan fingerprint density at radius 2 is 0.959 bits per heavy atom. The molecule has 0 amide bonds. The van der Waals surface area contributed by atoms with E-state index in [0.29, 0.717) is 0 Å². The highest BCUT2D eigenvalue weighted by molar-refractivity contribution is 14.1. The Labute approximate surface area is 314 Å². The van der Waals surface area contributed by atoms with Gasteiger partial charge in [-0.05, 0) is 129 Å². The predicted molar refractivity (Wildman–Crippen MR) is 216 cm³/mol. The van der Waals surface area contributed by atoms with Gasteiger partial charge in [-0.25, -0.2) is 0 Å². The molecule has 0 spiro atoms. The SMILES string of the molecule is C1CCOC1.C1CCOC1.COc1cccc(C)c1.COc1cccc(C)c1I.COc1cccc(C)c1P(Cl)c1c(C)cccc1OC. The molecule has 6 nitrogen and oxygen atoms in total. The molecule has 0 aromatic heterocycles. The molecule has 2 aliphatic rings. The van der Waals surface area contributed by atoms with E-state index in [-0.39, 0.29) is 0 Å². The van der Waals surface area contributed by atoms with Gasteiger partial charge in [0, 0.05) is 37.0 Å². The molecule has 2 saturated heterocycles. The monoisotopic (exact) mass is 822 g/mol. The Hall–Kier alpha value is -2.55. The summed E-state index contributed by atoms with van der Waals surface area (Å²) in [5.74, 6) is 3.54. The quantitative estimate of drug-likeness (QED) is 0.143. The van der Waals surface area contributed by atoms with E-state index < -0.39 is 7.27 Å². The minimum absolute atomic E-state index is 0.830. The van der Waals surface area contributed by atoms with Gasteiger partial charge in [0.25, 0.3) is 0 Å². The van der Waals surface area contributed by atoms with E-state index in [1.807, 2.05) is 67.6 Å². The van der Waals surface area contributed by atoms with Crippen LogP contribution in [0.4, 0.5) is 0 Å². The fraction of sp³-hybridized carbons (Fsp3) is 0.400. The van der Waals surface area contributed by atoms with Gasteiger partial charge in [0.15, 0.2) is 0 Å². The second-order valence-corrected chi connectivity index (χ2v) is 14.8. The van der Waals surface area contributed by atoms with Crippen molar-refractivity contribution in [2.24, 2.45) is 0 Å². The maximum absolute atomic E-state index is 6.81. The summed E-state index contributed by atoms with van der Waals surface area (Å²) in [4.78, 5) is 0. The third-order valence-electron chi connectivity index (χ3n) is 7.49. The van der Waals surface area contributed by atoms with Gasteiger partial charge < -0.3 is 28.4 Å². The number of hydrogen-bond acceptors (Lipinski definition) is 6. The molecule has 0 unspecified atom stereocenters. The van der Waals surface area contributed by atoms with Crippen molar-refractivity contribution in [1.82, 2.24) is 0 Å². The van der Waals surface area contributed by atoms with Crippen molar-refractivity contribution in [3.05, 3.63) is 105 Å². The molecular weight excluding hydrogens is 770 g/mol. The zero-order valence-electron chi connectivity index (χ0n) is 30.3. The standard InChI is InChI=1S/C16H18ClO2P.C8H9IO.C8H10O.2C4H8O/c1-11-7-5-9-13(18-3)15(11)20(17)16-12(2)8-6-10-14(16)19-4;1-6-4-3-5-7(10-2)8(6)9;1-7-4-3-5-8(6-7)9-2;2*1-2-4-5-3-1/h5-10H,1-4H3;3-5H,1-2H3;3-6H,1-2H3;2*1-4H2.